The maximum atomic E-state index is 13.7. The summed E-state index contributed by atoms with van der Waals surface area (Å²) in [5.74, 6) is -0.317. The Morgan fingerprint density at radius 2 is 1.86 bits per heavy atom. The Balaban J connectivity index is 1.64. The number of carbonyl (C=O) groups excluding carboxylic acids is 2. The molecule has 2 saturated carbocycles. The zero-order valence-corrected chi connectivity index (χ0v) is 17.3. The smallest absolute Gasteiger partial charge is 0.254 e. The van der Waals surface area contributed by atoms with Gasteiger partial charge in [-0.1, -0.05) is 61.6 Å². The van der Waals surface area contributed by atoms with E-state index in [0.29, 0.717) is 10.7 Å². The van der Waals surface area contributed by atoms with Crippen LogP contribution in [0.3, 0.4) is 0 Å². The molecule has 0 saturated heterocycles. The SMILES string of the molecule is O=C(Nc1nncs1)C1c2ccccc2C(=O)N(C2CCCC2)C12CCCCC2. The van der Waals surface area contributed by atoms with E-state index in [1.54, 1.807) is 5.51 Å². The summed E-state index contributed by atoms with van der Waals surface area (Å²) < 4.78 is 0. The van der Waals surface area contributed by atoms with Crippen LogP contribution in [-0.2, 0) is 4.79 Å². The van der Waals surface area contributed by atoms with E-state index < -0.39 is 5.54 Å². The van der Waals surface area contributed by atoms with E-state index in [1.165, 1.54) is 17.8 Å². The van der Waals surface area contributed by atoms with Crippen molar-refractivity contribution >= 4 is 28.3 Å². The van der Waals surface area contributed by atoms with E-state index in [4.69, 9.17) is 0 Å². The lowest BCUT2D eigenvalue weighted by atomic mass is 9.64. The summed E-state index contributed by atoms with van der Waals surface area (Å²) in [5.41, 5.74) is 2.74. The quantitative estimate of drug-likeness (QED) is 0.816. The van der Waals surface area contributed by atoms with E-state index in [9.17, 15) is 9.59 Å². The Bertz CT molecular complexity index is 901. The van der Waals surface area contributed by atoms with Crippen LogP contribution in [-0.4, -0.2) is 38.5 Å². The van der Waals surface area contributed by atoms with Crippen LogP contribution in [0.2, 0.25) is 0 Å². The molecular weight excluding hydrogens is 384 g/mol. The minimum Gasteiger partial charge on any atom is -0.329 e. The molecule has 2 aliphatic carbocycles. The number of carbonyl (C=O) groups is 2. The molecule has 2 aromatic rings. The zero-order chi connectivity index (χ0) is 19.8. The summed E-state index contributed by atoms with van der Waals surface area (Å²) in [6.45, 7) is 0. The van der Waals surface area contributed by atoms with Gasteiger partial charge >= 0.3 is 0 Å². The molecule has 2 fully saturated rings. The van der Waals surface area contributed by atoms with Gasteiger partial charge in [-0.2, -0.15) is 0 Å². The molecule has 1 atom stereocenters. The lowest BCUT2D eigenvalue weighted by molar-refractivity contribution is -0.123. The largest absolute Gasteiger partial charge is 0.329 e. The fraction of sp³-hybridized carbons (Fsp3) is 0.545. The standard InChI is InChI=1S/C22H26N4O2S/c27-19(24-21-25-23-14-29-21)18-16-10-4-5-11-17(16)20(28)26(15-8-2-3-9-15)22(18)12-6-1-7-13-22/h4-5,10-11,14-15,18H,1-3,6-9,12-13H2,(H,24,25,27). The summed E-state index contributed by atoms with van der Waals surface area (Å²) >= 11 is 1.32. The second kappa shape index (κ2) is 7.52. The number of fused-ring (bicyclic) bond motifs is 1. The van der Waals surface area contributed by atoms with Gasteiger partial charge in [0.25, 0.3) is 5.91 Å². The van der Waals surface area contributed by atoms with Crippen molar-refractivity contribution in [3.05, 3.63) is 40.9 Å². The number of nitrogens with zero attached hydrogens (tertiary/aromatic N) is 3. The van der Waals surface area contributed by atoms with Crippen molar-refractivity contribution in [2.75, 3.05) is 5.32 Å². The molecule has 5 rings (SSSR count). The number of anilines is 1. The first kappa shape index (κ1) is 18.7. The van der Waals surface area contributed by atoms with Crippen LogP contribution in [0.1, 0.15) is 79.6 Å². The molecule has 7 heteroatoms. The van der Waals surface area contributed by atoms with Gasteiger partial charge in [0.05, 0.1) is 11.5 Å². The van der Waals surface area contributed by atoms with E-state index in [2.05, 4.69) is 20.4 Å². The van der Waals surface area contributed by atoms with Gasteiger partial charge in [-0.15, -0.1) is 10.2 Å². The zero-order valence-electron chi connectivity index (χ0n) is 16.5. The maximum absolute atomic E-state index is 13.7. The molecule has 152 valence electrons. The normalized spacial score (nSPS) is 23.9. The third kappa shape index (κ3) is 3.06. The molecule has 3 aliphatic rings. The Hall–Kier alpha value is -2.28. The van der Waals surface area contributed by atoms with Crippen LogP contribution in [0.5, 0.6) is 0 Å². The lowest BCUT2D eigenvalue weighted by Gasteiger charge is -2.55. The molecule has 1 aromatic carbocycles. The van der Waals surface area contributed by atoms with Gasteiger partial charge in [0.15, 0.2) is 0 Å². The van der Waals surface area contributed by atoms with E-state index in [1.807, 2.05) is 24.3 Å². The van der Waals surface area contributed by atoms with Crippen LogP contribution in [0.15, 0.2) is 29.8 Å². The van der Waals surface area contributed by atoms with Crippen LogP contribution in [0.25, 0.3) is 0 Å². The second-order valence-electron chi connectivity index (χ2n) is 8.53. The molecule has 1 unspecified atom stereocenters. The molecule has 0 radical (unpaired) electrons. The Kier molecular flexibility index (Phi) is 4.86. The van der Waals surface area contributed by atoms with Crippen LogP contribution < -0.4 is 5.32 Å². The van der Waals surface area contributed by atoms with Gasteiger partial charge in [0.2, 0.25) is 11.0 Å². The van der Waals surface area contributed by atoms with Crippen LogP contribution in [0, 0.1) is 0 Å². The van der Waals surface area contributed by atoms with Crippen molar-refractivity contribution in [2.24, 2.45) is 0 Å². The van der Waals surface area contributed by atoms with Crippen molar-refractivity contribution in [1.29, 1.82) is 0 Å². The highest BCUT2D eigenvalue weighted by atomic mass is 32.1. The fourth-order valence-corrected chi connectivity index (χ4v) is 6.33. The first-order valence-corrected chi connectivity index (χ1v) is 11.6. The number of rotatable bonds is 3. The highest BCUT2D eigenvalue weighted by molar-refractivity contribution is 7.13. The average molecular weight is 411 g/mol. The summed E-state index contributed by atoms with van der Waals surface area (Å²) in [7, 11) is 0. The first-order valence-electron chi connectivity index (χ1n) is 10.7. The lowest BCUT2D eigenvalue weighted by Crippen LogP contribution is -2.64. The first-order chi connectivity index (χ1) is 14.2. The number of nitrogens with one attached hydrogen (secondary N) is 1. The average Bonchev–Trinajstić information content (AvgIpc) is 3.43. The van der Waals surface area contributed by atoms with Gasteiger partial charge in [-0.25, -0.2) is 0 Å². The van der Waals surface area contributed by atoms with Crippen LogP contribution >= 0.6 is 11.3 Å². The topological polar surface area (TPSA) is 75.2 Å². The predicted molar refractivity (Wildman–Crippen MR) is 112 cm³/mol. The third-order valence-electron chi connectivity index (χ3n) is 7.00. The molecular formula is C22H26N4O2S. The van der Waals surface area contributed by atoms with Crippen molar-refractivity contribution in [3.63, 3.8) is 0 Å². The van der Waals surface area contributed by atoms with Gasteiger partial charge in [-0.05, 0) is 37.3 Å². The molecule has 1 N–H and O–H groups in total. The van der Waals surface area contributed by atoms with Crippen molar-refractivity contribution in [1.82, 2.24) is 15.1 Å². The molecule has 0 bridgehead atoms. The molecule has 29 heavy (non-hydrogen) atoms. The fourth-order valence-electron chi connectivity index (χ4n) is 5.88. The van der Waals surface area contributed by atoms with E-state index >= 15 is 0 Å². The summed E-state index contributed by atoms with van der Waals surface area (Å²) in [6.07, 6.45) is 9.46. The summed E-state index contributed by atoms with van der Waals surface area (Å²) in [4.78, 5) is 29.6. The molecule has 1 spiro atoms. The van der Waals surface area contributed by atoms with Gasteiger partial charge in [0.1, 0.15) is 5.51 Å². The number of amides is 2. The predicted octanol–water partition coefficient (Wildman–Crippen LogP) is 4.36. The number of hydrogen-bond acceptors (Lipinski definition) is 5. The Morgan fingerprint density at radius 3 is 2.59 bits per heavy atom. The second-order valence-corrected chi connectivity index (χ2v) is 9.36. The van der Waals surface area contributed by atoms with E-state index in [0.717, 1.165) is 56.9 Å². The van der Waals surface area contributed by atoms with Crippen molar-refractivity contribution < 1.29 is 9.59 Å². The highest BCUT2D eigenvalue weighted by Crippen LogP contribution is 2.51. The highest BCUT2D eigenvalue weighted by Gasteiger charge is 2.56. The van der Waals surface area contributed by atoms with Gasteiger partial charge in [0, 0.05) is 11.6 Å². The number of hydrogen-bond donors (Lipinski definition) is 1. The van der Waals surface area contributed by atoms with E-state index in [-0.39, 0.29) is 23.8 Å². The monoisotopic (exact) mass is 410 g/mol. The number of aromatic nitrogens is 2. The maximum Gasteiger partial charge on any atom is 0.254 e. The summed E-state index contributed by atoms with van der Waals surface area (Å²) in [6, 6.07) is 7.95. The molecule has 1 aliphatic heterocycles. The Labute approximate surface area is 174 Å². The van der Waals surface area contributed by atoms with Gasteiger partial charge in [-0.3, -0.25) is 14.9 Å². The minimum absolute atomic E-state index is 0.0633. The molecule has 6 nitrogen and oxygen atoms in total. The molecule has 2 heterocycles. The van der Waals surface area contributed by atoms with Crippen molar-refractivity contribution in [3.8, 4) is 0 Å². The van der Waals surface area contributed by atoms with Crippen LogP contribution in [0.4, 0.5) is 5.13 Å². The molecule has 1 aromatic heterocycles. The molecule has 2 amide bonds. The van der Waals surface area contributed by atoms with Crippen molar-refractivity contribution in [2.45, 2.75) is 75.3 Å². The minimum atomic E-state index is -0.437. The van der Waals surface area contributed by atoms with Gasteiger partial charge < -0.3 is 4.90 Å². The third-order valence-corrected chi connectivity index (χ3v) is 7.61. The Morgan fingerprint density at radius 1 is 1.10 bits per heavy atom. The summed E-state index contributed by atoms with van der Waals surface area (Å²) in [5, 5.41) is 11.4. The number of benzene rings is 1.